The first-order valence-electron chi connectivity index (χ1n) is 3.17. The number of ether oxygens (including phenoxy) is 1. The van der Waals surface area contributed by atoms with Gasteiger partial charge in [-0.25, -0.2) is 9.59 Å². The molecule has 0 aromatic rings. The molecule has 6 heteroatoms. The molecular formula is C6H11NO5. The molecule has 0 aromatic heterocycles. The molecule has 0 atom stereocenters. The fourth-order valence-corrected chi connectivity index (χ4v) is 0.738. The van der Waals surface area contributed by atoms with E-state index in [1.807, 2.05) is 0 Å². The summed E-state index contributed by atoms with van der Waals surface area (Å²) in [7, 11) is 2.49. The number of hydrogen-bond donors (Lipinski definition) is 3. The predicted molar refractivity (Wildman–Crippen MR) is 38.9 cm³/mol. The Labute approximate surface area is 69.1 Å². The van der Waals surface area contributed by atoms with Gasteiger partial charge in [0, 0.05) is 13.7 Å². The van der Waals surface area contributed by atoms with Crippen LogP contribution in [0.2, 0.25) is 0 Å². The van der Waals surface area contributed by atoms with Gasteiger partial charge in [0.05, 0.1) is 0 Å². The Morgan fingerprint density at radius 3 is 1.92 bits per heavy atom. The van der Waals surface area contributed by atoms with Crippen LogP contribution in [0.3, 0.4) is 0 Å². The molecule has 0 heterocycles. The molecule has 0 saturated heterocycles. The number of hydrogen-bond acceptors (Lipinski definition) is 4. The molecule has 6 nitrogen and oxygen atoms in total. The van der Waals surface area contributed by atoms with Gasteiger partial charge in [-0.2, -0.15) is 0 Å². The van der Waals surface area contributed by atoms with E-state index in [-0.39, 0.29) is 6.54 Å². The molecule has 70 valence electrons. The van der Waals surface area contributed by atoms with Gasteiger partial charge in [0.1, 0.15) is 0 Å². The van der Waals surface area contributed by atoms with E-state index in [0.29, 0.717) is 0 Å². The van der Waals surface area contributed by atoms with E-state index < -0.39 is 17.5 Å². The van der Waals surface area contributed by atoms with Crippen LogP contribution in [0.5, 0.6) is 0 Å². The topological polar surface area (TPSA) is 95.9 Å². The van der Waals surface area contributed by atoms with Gasteiger partial charge in [-0.05, 0) is 7.05 Å². The number of methoxy groups -OCH3 is 1. The SMILES string of the molecule is CNCC(OC)(C(=O)O)C(=O)O. The number of nitrogens with one attached hydrogen (secondary N) is 1. The van der Waals surface area contributed by atoms with Crippen molar-refractivity contribution in [3.05, 3.63) is 0 Å². The quantitative estimate of drug-likeness (QED) is 0.454. The van der Waals surface area contributed by atoms with E-state index in [1.54, 1.807) is 0 Å². The summed E-state index contributed by atoms with van der Waals surface area (Å²) in [5, 5.41) is 19.6. The highest BCUT2D eigenvalue weighted by molar-refractivity contribution is 6.02. The largest absolute Gasteiger partial charge is 0.479 e. The van der Waals surface area contributed by atoms with Crippen molar-refractivity contribution in [1.29, 1.82) is 0 Å². The molecule has 0 fully saturated rings. The third kappa shape index (κ3) is 1.72. The standard InChI is InChI=1S/C6H11NO5/c1-7-3-6(12-2,4(8)9)5(10)11/h7H,3H2,1-2H3,(H,8,9)(H,10,11). The Hall–Kier alpha value is -1.14. The van der Waals surface area contributed by atoms with Gasteiger partial charge in [-0.15, -0.1) is 0 Å². The van der Waals surface area contributed by atoms with Gasteiger partial charge in [0.25, 0.3) is 5.60 Å². The van der Waals surface area contributed by atoms with Crippen molar-refractivity contribution in [3.63, 3.8) is 0 Å². The Bertz CT molecular complexity index is 176. The summed E-state index contributed by atoms with van der Waals surface area (Å²) in [6.07, 6.45) is 0. The molecule has 0 unspecified atom stereocenters. The zero-order valence-electron chi connectivity index (χ0n) is 6.83. The molecule has 0 spiro atoms. The summed E-state index contributed by atoms with van der Waals surface area (Å²) < 4.78 is 4.44. The molecule has 0 aliphatic heterocycles. The molecule has 12 heavy (non-hydrogen) atoms. The summed E-state index contributed by atoms with van der Waals surface area (Å²) in [6, 6.07) is 0. The van der Waals surface area contributed by atoms with Crippen molar-refractivity contribution in [3.8, 4) is 0 Å². The highest BCUT2D eigenvalue weighted by Crippen LogP contribution is 2.09. The van der Waals surface area contributed by atoms with Crippen LogP contribution in [-0.2, 0) is 14.3 Å². The molecule has 3 N–H and O–H groups in total. The van der Waals surface area contributed by atoms with Gasteiger partial charge >= 0.3 is 11.9 Å². The first kappa shape index (κ1) is 10.9. The van der Waals surface area contributed by atoms with E-state index in [9.17, 15) is 9.59 Å². The minimum absolute atomic E-state index is 0.284. The van der Waals surface area contributed by atoms with Crippen LogP contribution in [0.15, 0.2) is 0 Å². The average molecular weight is 177 g/mol. The zero-order valence-corrected chi connectivity index (χ0v) is 6.83. The first-order chi connectivity index (χ1) is 5.51. The molecule has 0 aliphatic carbocycles. The maximum absolute atomic E-state index is 10.5. The number of rotatable bonds is 5. The average Bonchev–Trinajstić information content (AvgIpc) is 1.98. The number of likely N-dealkylation sites (N-methyl/N-ethyl adjacent to an activating group) is 1. The Balaban J connectivity index is 4.76. The third-order valence-electron chi connectivity index (χ3n) is 1.47. The van der Waals surface area contributed by atoms with Crippen molar-refractivity contribution in [2.75, 3.05) is 20.7 Å². The maximum atomic E-state index is 10.5. The van der Waals surface area contributed by atoms with Gasteiger partial charge in [-0.1, -0.05) is 0 Å². The summed E-state index contributed by atoms with van der Waals surface area (Å²) in [6.45, 7) is -0.284. The van der Waals surface area contributed by atoms with Crippen LogP contribution in [0, 0.1) is 0 Å². The fourth-order valence-electron chi connectivity index (χ4n) is 0.738. The highest BCUT2D eigenvalue weighted by Gasteiger charge is 2.46. The first-order valence-corrected chi connectivity index (χ1v) is 3.17. The number of carboxylic acid groups (broad SMARTS) is 2. The lowest BCUT2D eigenvalue weighted by Gasteiger charge is -2.22. The minimum atomic E-state index is -2.19. The number of carbonyl (C=O) groups is 2. The lowest BCUT2D eigenvalue weighted by atomic mass is 10.1. The molecule has 0 bridgehead atoms. The lowest BCUT2D eigenvalue weighted by molar-refractivity contribution is -0.178. The monoisotopic (exact) mass is 177 g/mol. The van der Waals surface area contributed by atoms with Crippen LogP contribution in [-0.4, -0.2) is 48.5 Å². The second-order valence-corrected chi connectivity index (χ2v) is 2.17. The number of aliphatic carboxylic acids is 2. The Kier molecular flexibility index (Phi) is 3.65. The second-order valence-electron chi connectivity index (χ2n) is 2.17. The molecule has 0 rings (SSSR count). The van der Waals surface area contributed by atoms with E-state index in [0.717, 1.165) is 7.11 Å². The minimum Gasteiger partial charge on any atom is -0.479 e. The third-order valence-corrected chi connectivity index (χ3v) is 1.47. The van der Waals surface area contributed by atoms with E-state index in [2.05, 4.69) is 10.1 Å². The van der Waals surface area contributed by atoms with Gasteiger partial charge < -0.3 is 20.3 Å². The zero-order chi connectivity index (χ0) is 9.78. The maximum Gasteiger partial charge on any atom is 0.349 e. The van der Waals surface area contributed by atoms with Crippen LogP contribution < -0.4 is 5.32 Å². The van der Waals surface area contributed by atoms with Gasteiger partial charge in [0.15, 0.2) is 0 Å². The molecule has 0 radical (unpaired) electrons. The smallest absolute Gasteiger partial charge is 0.349 e. The van der Waals surface area contributed by atoms with E-state index in [4.69, 9.17) is 10.2 Å². The lowest BCUT2D eigenvalue weighted by Crippen LogP contribution is -2.54. The van der Waals surface area contributed by atoms with Crippen molar-refractivity contribution >= 4 is 11.9 Å². The van der Waals surface area contributed by atoms with Crippen LogP contribution >= 0.6 is 0 Å². The van der Waals surface area contributed by atoms with Crippen molar-refractivity contribution in [2.45, 2.75) is 5.60 Å². The van der Waals surface area contributed by atoms with E-state index >= 15 is 0 Å². The molecular weight excluding hydrogens is 166 g/mol. The van der Waals surface area contributed by atoms with Crippen LogP contribution in [0.4, 0.5) is 0 Å². The Morgan fingerprint density at radius 1 is 1.42 bits per heavy atom. The summed E-state index contributed by atoms with van der Waals surface area (Å²) in [5.74, 6) is -3.04. The van der Waals surface area contributed by atoms with Gasteiger partial charge in [-0.3, -0.25) is 0 Å². The van der Waals surface area contributed by atoms with Crippen molar-refractivity contribution in [2.24, 2.45) is 0 Å². The molecule has 0 aliphatic rings. The number of carboxylic acids is 2. The summed E-state index contributed by atoms with van der Waals surface area (Å²) in [5.41, 5.74) is -2.19. The van der Waals surface area contributed by atoms with Crippen molar-refractivity contribution < 1.29 is 24.5 Å². The molecule has 0 aromatic carbocycles. The molecule has 0 saturated carbocycles. The molecule has 0 amide bonds. The van der Waals surface area contributed by atoms with E-state index in [1.165, 1.54) is 7.05 Å². The van der Waals surface area contributed by atoms with Gasteiger partial charge in [0.2, 0.25) is 0 Å². The second kappa shape index (κ2) is 4.03. The normalized spacial score (nSPS) is 11.2. The fraction of sp³-hybridized carbons (Fsp3) is 0.667. The predicted octanol–water partition coefficient (Wildman–Crippen LogP) is -1.24. The van der Waals surface area contributed by atoms with Crippen LogP contribution in [0.1, 0.15) is 0 Å². The summed E-state index contributed by atoms with van der Waals surface area (Å²) >= 11 is 0. The van der Waals surface area contributed by atoms with Crippen LogP contribution in [0.25, 0.3) is 0 Å². The highest BCUT2D eigenvalue weighted by atomic mass is 16.5. The van der Waals surface area contributed by atoms with Crippen molar-refractivity contribution in [1.82, 2.24) is 5.32 Å². The Morgan fingerprint density at radius 2 is 1.83 bits per heavy atom. The summed E-state index contributed by atoms with van der Waals surface area (Å²) in [4.78, 5) is 21.1.